The Morgan fingerprint density at radius 2 is 2.23 bits per heavy atom. The molecule has 0 spiro atoms. The molecule has 22 heavy (non-hydrogen) atoms. The van der Waals surface area contributed by atoms with E-state index in [1.807, 2.05) is 0 Å². The molecule has 3 fully saturated rings. The molecule has 2 aromatic rings. The van der Waals surface area contributed by atoms with Gasteiger partial charge in [-0.1, -0.05) is 24.3 Å². The minimum absolute atomic E-state index is 0.209. The number of nitrogens with zero attached hydrogens (tertiary/aromatic N) is 1. The Morgan fingerprint density at radius 3 is 2.95 bits per heavy atom. The first-order valence-corrected chi connectivity index (χ1v) is 8.38. The summed E-state index contributed by atoms with van der Waals surface area (Å²) in [6.07, 6.45) is 5.39. The van der Waals surface area contributed by atoms with Gasteiger partial charge in [-0.15, -0.1) is 6.58 Å². The van der Waals surface area contributed by atoms with Gasteiger partial charge >= 0.3 is 0 Å². The monoisotopic (exact) mass is 296 g/mol. The van der Waals surface area contributed by atoms with E-state index in [9.17, 15) is 5.11 Å². The van der Waals surface area contributed by atoms with Crippen molar-refractivity contribution in [1.82, 2.24) is 9.88 Å². The fourth-order valence-corrected chi connectivity index (χ4v) is 4.52. The molecule has 0 saturated carbocycles. The molecule has 3 nitrogen and oxygen atoms in total. The molecule has 3 saturated heterocycles. The lowest BCUT2D eigenvalue weighted by Gasteiger charge is -2.49. The highest BCUT2D eigenvalue weighted by atomic mass is 16.2. The van der Waals surface area contributed by atoms with E-state index in [1.165, 1.54) is 41.5 Å². The molecule has 2 N–H and O–H groups in total. The molecule has 1 aromatic carbocycles. The van der Waals surface area contributed by atoms with Crippen LogP contribution >= 0.6 is 0 Å². The number of hydrogen-bond donors (Lipinski definition) is 2. The smallest absolute Gasteiger partial charge is 0.0504 e. The average molecular weight is 296 g/mol. The van der Waals surface area contributed by atoms with Crippen LogP contribution in [0.5, 0.6) is 0 Å². The van der Waals surface area contributed by atoms with Gasteiger partial charge in [0.05, 0.1) is 6.04 Å². The number of aromatic nitrogens is 1. The van der Waals surface area contributed by atoms with Crippen molar-refractivity contribution in [2.45, 2.75) is 25.3 Å². The third-order valence-corrected chi connectivity index (χ3v) is 5.65. The standard InChI is InChI=1S/C19H24N2O/c1-2-13-12-21-9-7-14(13)11-18(21)19-16(8-10-22)15-5-3-4-6-17(15)20-19/h2-6,13-14,18,20,22H,1,7-12H2/t13-,14+,18+/m0/s1. The second-order valence-electron chi connectivity index (χ2n) is 6.73. The Morgan fingerprint density at radius 1 is 1.36 bits per heavy atom. The van der Waals surface area contributed by atoms with Gasteiger partial charge in [0, 0.05) is 29.7 Å². The van der Waals surface area contributed by atoms with Gasteiger partial charge in [0.2, 0.25) is 0 Å². The van der Waals surface area contributed by atoms with Gasteiger partial charge in [-0.25, -0.2) is 0 Å². The molecule has 116 valence electrons. The van der Waals surface area contributed by atoms with Crippen LogP contribution in [0.3, 0.4) is 0 Å². The number of rotatable bonds is 4. The Balaban J connectivity index is 1.75. The Labute approximate surface area is 131 Å². The highest BCUT2D eigenvalue weighted by Crippen LogP contribution is 2.45. The number of fused-ring (bicyclic) bond motifs is 4. The van der Waals surface area contributed by atoms with Crippen LogP contribution < -0.4 is 0 Å². The highest BCUT2D eigenvalue weighted by Gasteiger charge is 2.40. The van der Waals surface area contributed by atoms with Gasteiger partial charge in [0.15, 0.2) is 0 Å². The third-order valence-electron chi connectivity index (χ3n) is 5.65. The number of aromatic amines is 1. The number of hydrogen-bond acceptors (Lipinski definition) is 2. The van der Waals surface area contributed by atoms with E-state index in [-0.39, 0.29) is 6.61 Å². The van der Waals surface area contributed by atoms with Crippen molar-refractivity contribution in [3.63, 3.8) is 0 Å². The van der Waals surface area contributed by atoms with Crippen molar-refractivity contribution in [2.75, 3.05) is 19.7 Å². The van der Waals surface area contributed by atoms with Gasteiger partial charge in [-0.3, -0.25) is 4.90 Å². The van der Waals surface area contributed by atoms with Crippen molar-refractivity contribution >= 4 is 10.9 Å². The van der Waals surface area contributed by atoms with Crippen molar-refractivity contribution in [3.8, 4) is 0 Å². The molecular formula is C19H24N2O. The summed E-state index contributed by atoms with van der Waals surface area (Å²) in [5.74, 6) is 1.41. The zero-order chi connectivity index (χ0) is 15.1. The molecule has 4 heterocycles. The molecule has 1 unspecified atom stereocenters. The fourth-order valence-electron chi connectivity index (χ4n) is 4.52. The predicted molar refractivity (Wildman–Crippen MR) is 89.8 cm³/mol. The fraction of sp³-hybridized carbons (Fsp3) is 0.474. The van der Waals surface area contributed by atoms with E-state index >= 15 is 0 Å². The van der Waals surface area contributed by atoms with Crippen LogP contribution in [0, 0.1) is 11.8 Å². The Kier molecular flexibility index (Phi) is 3.55. The van der Waals surface area contributed by atoms with Crippen molar-refractivity contribution in [2.24, 2.45) is 11.8 Å². The van der Waals surface area contributed by atoms with E-state index in [2.05, 4.69) is 46.8 Å². The molecular weight excluding hydrogens is 272 g/mol. The second-order valence-corrected chi connectivity index (χ2v) is 6.73. The minimum Gasteiger partial charge on any atom is -0.396 e. The molecule has 4 atom stereocenters. The van der Waals surface area contributed by atoms with E-state index < -0.39 is 0 Å². The van der Waals surface area contributed by atoms with Crippen molar-refractivity contribution < 1.29 is 5.11 Å². The summed E-state index contributed by atoms with van der Waals surface area (Å²) in [7, 11) is 0. The second kappa shape index (κ2) is 5.56. The van der Waals surface area contributed by atoms with Gasteiger partial charge in [-0.2, -0.15) is 0 Å². The Hall–Kier alpha value is -1.58. The lowest BCUT2D eigenvalue weighted by molar-refractivity contribution is 0.0163. The number of para-hydroxylation sites is 1. The summed E-state index contributed by atoms with van der Waals surface area (Å²) in [4.78, 5) is 6.27. The van der Waals surface area contributed by atoms with E-state index in [1.54, 1.807) is 0 Å². The molecule has 5 rings (SSSR count). The summed E-state index contributed by atoms with van der Waals surface area (Å²) in [5.41, 5.74) is 3.84. The number of aliphatic hydroxyl groups excluding tert-OH is 1. The van der Waals surface area contributed by atoms with Crippen molar-refractivity contribution in [3.05, 3.63) is 48.2 Å². The zero-order valence-corrected chi connectivity index (χ0v) is 13.0. The summed E-state index contributed by atoms with van der Waals surface area (Å²) >= 11 is 0. The molecule has 0 aliphatic carbocycles. The van der Waals surface area contributed by atoms with E-state index in [0.717, 1.165) is 18.9 Å². The molecule has 2 bridgehead atoms. The number of H-pyrrole nitrogens is 1. The maximum atomic E-state index is 9.49. The summed E-state index contributed by atoms with van der Waals surface area (Å²) in [5, 5.41) is 10.8. The first-order chi connectivity index (χ1) is 10.8. The molecule has 3 heteroatoms. The highest BCUT2D eigenvalue weighted by molar-refractivity contribution is 5.84. The van der Waals surface area contributed by atoms with Crippen LogP contribution in [0.4, 0.5) is 0 Å². The van der Waals surface area contributed by atoms with Gasteiger partial charge < -0.3 is 10.1 Å². The number of benzene rings is 1. The van der Waals surface area contributed by atoms with Crippen LogP contribution in [-0.2, 0) is 6.42 Å². The maximum absolute atomic E-state index is 9.49. The first-order valence-electron chi connectivity index (χ1n) is 8.38. The van der Waals surface area contributed by atoms with E-state index in [0.29, 0.717) is 12.0 Å². The zero-order valence-electron chi connectivity index (χ0n) is 13.0. The predicted octanol–water partition coefficient (Wildman–Crippen LogP) is 3.27. The first kappa shape index (κ1) is 14.0. The topological polar surface area (TPSA) is 39.3 Å². The van der Waals surface area contributed by atoms with E-state index in [4.69, 9.17) is 0 Å². The number of nitrogens with one attached hydrogen (secondary N) is 1. The molecule has 3 aliphatic rings. The number of aliphatic hydroxyl groups is 1. The van der Waals surface area contributed by atoms with Gasteiger partial charge in [0.1, 0.15) is 0 Å². The third kappa shape index (κ3) is 2.11. The van der Waals surface area contributed by atoms with Crippen molar-refractivity contribution in [1.29, 1.82) is 0 Å². The Bertz CT molecular complexity index is 690. The lowest BCUT2D eigenvalue weighted by atomic mass is 9.74. The summed E-state index contributed by atoms with van der Waals surface area (Å²) < 4.78 is 0. The largest absolute Gasteiger partial charge is 0.396 e. The molecule has 0 radical (unpaired) electrons. The normalized spacial score (nSPS) is 30.8. The molecule has 3 aliphatic heterocycles. The SMILES string of the molecule is C=C[C@H]1CN2CC[C@@H]1C[C@@H]2c1[nH]c2ccccc2c1CCO. The molecule has 0 amide bonds. The van der Waals surface area contributed by atoms with Crippen LogP contribution in [0.1, 0.15) is 30.1 Å². The molecule has 1 aromatic heterocycles. The average Bonchev–Trinajstić information content (AvgIpc) is 2.94. The van der Waals surface area contributed by atoms with Crippen LogP contribution in [-0.4, -0.2) is 34.7 Å². The van der Waals surface area contributed by atoms with Crippen LogP contribution in [0.15, 0.2) is 36.9 Å². The minimum atomic E-state index is 0.209. The van der Waals surface area contributed by atoms with Gasteiger partial charge in [-0.05, 0) is 49.3 Å². The van der Waals surface area contributed by atoms with Crippen LogP contribution in [0.2, 0.25) is 0 Å². The summed E-state index contributed by atoms with van der Waals surface area (Å²) in [6, 6.07) is 8.95. The number of piperidine rings is 3. The van der Waals surface area contributed by atoms with Crippen LogP contribution in [0.25, 0.3) is 10.9 Å². The quantitative estimate of drug-likeness (QED) is 0.850. The van der Waals surface area contributed by atoms with Gasteiger partial charge in [0.25, 0.3) is 0 Å². The lowest BCUT2D eigenvalue weighted by Crippen LogP contribution is -2.48. The maximum Gasteiger partial charge on any atom is 0.0504 e. The summed E-state index contributed by atoms with van der Waals surface area (Å²) in [6.45, 7) is 6.54.